The molecule has 0 aliphatic heterocycles. The summed E-state index contributed by atoms with van der Waals surface area (Å²) in [4.78, 5) is 23.5. The summed E-state index contributed by atoms with van der Waals surface area (Å²) in [6.45, 7) is 0. The molecular weight excluding hydrogens is 352 g/mol. The second-order valence-electron chi connectivity index (χ2n) is 7.28. The predicted molar refractivity (Wildman–Crippen MR) is 111 cm³/mol. The van der Waals surface area contributed by atoms with Crippen LogP contribution < -0.4 is 5.32 Å². The van der Waals surface area contributed by atoms with Crippen LogP contribution in [0.25, 0.3) is 5.57 Å². The van der Waals surface area contributed by atoms with Crippen molar-refractivity contribution in [2.45, 2.75) is 51.0 Å². The van der Waals surface area contributed by atoms with Crippen LogP contribution in [0.4, 0.5) is 5.69 Å². The summed E-state index contributed by atoms with van der Waals surface area (Å²) < 4.78 is 0. The molecule has 1 N–H and O–H groups in total. The monoisotopic (exact) mass is 378 g/mol. The number of nitrogens with one attached hydrogen (secondary N) is 1. The van der Waals surface area contributed by atoms with Gasteiger partial charge in [0, 0.05) is 24.3 Å². The molecule has 0 aromatic heterocycles. The molecule has 0 saturated heterocycles. The van der Waals surface area contributed by atoms with Crippen molar-refractivity contribution in [3.8, 4) is 0 Å². The Balaban J connectivity index is 1.87. The molecule has 0 heterocycles. The van der Waals surface area contributed by atoms with Gasteiger partial charge in [0.2, 0.25) is 5.91 Å². The van der Waals surface area contributed by atoms with E-state index in [4.69, 9.17) is 0 Å². The number of rotatable bonds is 5. The van der Waals surface area contributed by atoms with Crippen molar-refractivity contribution in [2.24, 2.45) is 0 Å². The number of amides is 1. The molecule has 28 heavy (non-hydrogen) atoms. The molecule has 2 aromatic rings. The normalized spacial score (nSPS) is 16.1. The Bertz CT molecular complexity index is 838. The Kier molecular flexibility index (Phi) is 6.95. The van der Waals surface area contributed by atoms with E-state index >= 15 is 0 Å². The van der Waals surface area contributed by atoms with E-state index < -0.39 is 4.92 Å². The molecule has 1 aliphatic carbocycles. The van der Waals surface area contributed by atoms with Crippen LogP contribution in [0.2, 0.25) is 0 Å². The fourth-order valence-corrected chi connectivity index (χ4v) is 3.71. The van der Waals surface area contributed by atoms with Gasteiger partial charge in [-0.05, 0) is 29.5 Å². The van der Waals surface area contributed by atoms with Crippen LogP contribution >= 0.6 is 0 Å². The highest BCUT2D eigenvalue weighted by Gasteiger charge is 2.15. The summed E-state index contributed by atoms with van der Waals surface area (Å²) in [5.41, 5.74) is 2.22. The van der Waals surface area contributed by atoms with E-state index in [0.29, 0.717) is 11.1 Å². The first kappa shape index (κ1) is 19.8. The minimum absolute atomic E-state index is 0.0137. The van der Waals surface area contributed by atoms with Crippen molar-refractivity contribution < 1.29 is 9.72 Å². The van der Waals surface area contributed by atoms with E-state index in [1.165, 1.54) is 31.4 Å². The maximum atomic E-state index is 12.8. The topological polar surface area (TPSA) is 72.2 Å². The van der Waals surface area contributed by atoms with Crippen LogP contribution in [-0.4, -0.2) is 16.9 Å². The highest BCUT2D eigenvalue weighted by Crippen LogP contribution is 2.26. The molecule has 5 heteroatoms. The van der Waals surface area contributed by atoms with Gasteiger partial charge in [0.05, 0.1) is 4.92 Å². The zero-order valence-corrected chi connectivity index (χ0v) is 16.0. The van der Waals surface area contributed by atoms with Crippen molar-refractivity contribution in [2.75, 3.05) is 0 Å². The Morgan fingerprint density at radius 2 is 1.57 bits per heavy atom. The second-order valence-corrected chi connectivity index (χ2v) is 7.28. The van der Waals surface area contributed by atoms with E-state index in [9.17, 15) is 14.9 Å². The van der Waals surface area contributed by atoms with E-state index in [1.54, 1.807) is 18.2 Å². The first-order chi connectivity index (χ1) is 13.6. The van der Waals surface area contributed by atoms with Gasteiger partial charge in [0.15, 0.2) is 0 Å². The molecule has 1 fully saturated rings. The van der Waals surface area contributed by atoms with Crippen molar-refractivity contribution in [3.63, 3.8) is 0 Å². The Morgan fingerprint density at radius 1 is 0.929 bits per heavy atom. The average molecular weight is 378 g/mol. The van der Waals surface area contributed by atoms with Crippen LogP contribution in [0.15, 0.2) is 60.7 Å². The number of carbonyl (C=O) groups excluding carboxylic acids is 1. The number of non-ortho nitro benzene ring substituents is 1. The molecule has 0 bridgehead atoms. The summed E-state index contributed by atoms with van der Waals surface area (Å²) >= 11 is 0. The predicted octanol–water partition coefficient (Wildman–Crippen LogP) is 5.26. The van der Waals surface area contributed by atoms with Crippen molar-refractivity contribution in [1.29, 1.82) is 0 Å². The van der Waals surface area contributed by atoms with E-state index in [0.717, 1.165) is 31.2 Å². The number of hydrogen-bond donors (Lipinski definition) is 1. The Morgan fingerprint density at radius 3 is 2.25 bits per heavy atom. The lowest BCUT2D eigenvalue weighted by Crippen LogP contribution is -2.34. The van der Waals surface area contributed by atoms with Crippen LogP contribution in [0.3, 0.4) is 0 Å². The molecule has 1 amide bonds. The van der Waals surface area contributed by atoms with Gasteiger partial charge in [-0.15, -0.1) is 0 Å². The van der Waals surface area contributed by atoms with Gasteiger partial charge in [-0.25, -0.2) is 0 Å². The van der Waals surface area contributed by atoms with E-state index in [2.05, 4.69) is 5.32 Å². The lowest BCUT2D eigenvalue weighted by Gasteiger charge is -2.20. The number of nitrogens with zero attached hydrogens (tertiary/aromatic N) is 1. The summed E-state index contributed by atoms with van der Waals surface area (Å²) in [7, 11) is 0. The summed E-state index contributed by atoms with van der Waals surface area (Å²) in [5, 5.41) is 14.3. The zero-order valence-electron chi connectivity index (χ0n) is 16.0. The zero-order chi connectivity index (χ0) is 19.8. The van der Waals surface area contributed by atoms with Crippen molar-refractivity contribution in [3.05, 3.63) is 81.9 Å². The summed E-state index contributed by atoms with van der Waals surface area (Å²) in [5.74, 6) is -0.143. The van der Waals surface area contributed by atoms with Gasteiger partial charge < -0.3 is 5.32 Å². The van der Waals surface area contributed by atoms with E-state index in [1.807, 2.05) is 30.3 Å². The highest BCUT2D eigenvalue weighted by atomic mass is 16.6. The molecule has 0 unspecified atom stereocenters. The van der Waals surface area contributed by atoms with Crippen LogP contribution in [-0.2, 0) is 4.79 Å². The van der Waals surface area contributed by atoms with Gasteiger partial charge >= 0.3 is 0 Å². The lowest BCUT2D eigenvalue weighted by atomic mass is 9.95. The first-order valence-corrected chi connectivity index (χ1v) is 9.96. The fraction of sp³-hybridized carbons (Fsp3) is 0.348. The molecule has 2 aromatic carbocycles. The number of benzene rings is 2. The molecule has 0 radical (unpaired) electrons. The van der Waals surface area contributed by atoms with Crippen molar-refractivity contribution in [1.82, 2.24) is 5.32 Å². The molecule has 1 aliphatic rings. The lowest BCUT2D eigenvalue weighted by molar-refractivity contribution is -0.384. The van der Waals surface area contributed by atoms with Crippen LogP contribution in [0.1, 0.15) is 56.1 Å². The van der Waals surface area contributed by atoms with Gasteiger partial charge in [0.1, 0.15) is 0 Å². The minimum Gasteiger partial charge on any atom is -0.350 e. The highest BCUT2D eigenvalue weighted by molar-refractivity contribution is 5.99. The third-order valence-electron chi connectivity index (χ3n) is 5.18. The quantitative estimate of drug-likeness (QED) is 0.438. The Labute approximate surface area is 165 Å². The van der Waals surface area contributed by atoms with Gasteiger partial charge in [-0.2, -0.15) is 0 Å². The number of nitro benzene ring substituents is 1. The number of nitro groups is 1. The smallest absolute Gasteiger partial charge is 0.270 e. The number of carbonyl (C=O) groups is 1. The van der Waals surface area contributed by atoms with Crippen LogP contribution in [0, 0.1) is 10.1 Å². The largest absolute Gasteiger partial charge is 0.350 e. The first-order valence-electron chi connectivity index (χ1n) is 9.96. The molecule has 0 atom stereocenters. The van der Waals surface area contributed by atoms with E-state index in [-0.39, 0.29) is 17.6 Å². The maximum Gasteiger partial charge on any atom is 0.270 e. The standard InChI is InChI=1S/C23H26N2O3/c26-23(24-20-13-7-2-1-3-8-14-20)17-22(18-10-5-4-6-11-18)19-12-9-15-21(16-19)25(27)28/h4-6,9-12,15-17,20H,1-3,7-8,13-14H2,(H,24,26)/b22-17-. The SMILES string of the molecule is O=C(/C=C(/c1ccccc1)c1cccc([N+](=O)[O-])c1)NC1CCCCCCC1. The van der Waals surface area contributed by atoms with Gasteiger partial charge in [0.25, 0.3) is 5.69 Å². The Hall–Kier alpha value is -2.95. The summed E-state index contributed by atoms with van der Waals surface area (Å²) in [6, 6.07) is 16.1. The van der Waals surface area contributed by atoms with Gasteiger partial charge in [-0.3, -0.25) is 14.9 Å². The third kappa shape index (κ3) is 5.52. The third-order valence-corrected chi connectivity index (χ3v) is 5.18. The second kappa shape index (κ2) is 9.83. The maximum absolute atomic E-state index is 12.8. The molecule has 0 spiro atoms. The molecular formula is C23H26N2O3. The average Bonchev–Trinajstić information content (AvgIpc) is 2.69. The fourth-order valence-electron chi connectivity index (χ4n) is 3.71. The minimum atomic E-state index is -0.416. The van der Waals surface area contributed by atoms with Gasteiger partial charge in [-0.1, -0.05) is 74.6 Å². The number of hydrogen-bond acceptors (Lipinski definition) is 3. The molecule has 3 rings (SSSR count). The molecule has 5 nitrogen and oxygen atoms in total. The van der Waals surface area contributed by atoms with Crippen molar-refractivity contribution >= 4 is 17.2 Å². The molecule has 1 saturated carbocycles. The molecule has 146 valence electrons. The van der Waals surface area contributed by atoms with Crippen LogP contribution in [0.5, 0.6) is 0 Å². The summed E-state index contributed by atoms with van der Waals surface area (Å²) in [6.07, 6.45) is 9.62.